The van der Waals surface area contributed by atoms with Gasteiger partial charge in [-0.15, -0.1) is 0 Å². The Morgan fingerprint density at radius 3 is 2.72 bits per heavy atom. The molecule has 0 bridgehead atoms. The lowest BCUT2D eigenvalue weighted by atomic mass is 10.0. The van der Waals surface area contributed by atoms with Gasteiger partial charge >= 0.3 is 0 Å². The number of aromatic nitrogens is 2. The molecule has 18 heavy (non-hydrogen) atoms. The summed E-state index contributed by atoms with van der Waals surface area (Å²) in [6.45, 7) is 6.56. The number of imidazole rings is 1. The molecule has 0 saturated heterocycles. The molecule has 1 atom stereocenters. The normalized spacial score (nSPS) is 17.7. The molecule has 0 amide bonds. The van der Waals surface area contributed by atoms with Crippen LogP contribution in [-0.2, 0) is 6.54 Å². The van der Waals surface area contributed by atoms with E-state index in [4.69, 9.17) is 0 Å². The van der Waals surface area contributed by atoms with Gasteiger partial charge in [-0.1, -0.05) is 13.8 Å². The van der Waals surface area contributed by atoms with Gasteiger partial charge in [0.2, 0.25) is 0 Å². The first-order valence-electron chi connectivity index (χ1n) is 6.96. The number of nitrogens with one attached hydrogen (secondary N) is 1. The summed E-state index contributed by atoms with van der Waals surface area (Å²) >= 11 is 0. The number of nitrogens with zero attached hydrogens (tertiary/aromatic N) is 3. The van der Waals surface area contributed by atoms with Crippen LogP contribution in [0, 0.1) is 5.92 Å². The van der Waals surface area contributed by atoms with Gasteiger partial charge in [-0.05, 0) is 32.9 Å². The van der Waals surface area contributed by atoms with Crippen molar-refractivity contribution in [2.75, 3.05) is 20.6 Å². The van der Waals surface area contributed by atoms with Gasteiger partial charge in [0.1, 0.15) is 0 Å². The second kappa shape index (κ2) is 5.85. The maximum Gasteiger partial charge on any atom is 0.0951 e. The van der Waals surface area contributed by atoms with Crippen LogP contribution in [0.1, 0.15) is 38.4 Å². The average molecular weight is 250 g/mol. The van der Waals surface area contributed by atoms with Crippen LogP contribution in [0.3, 0.4) is 0 Å². The highest BCUT2D eigenvalue weighted by atomic mass is 15.1. The molecule has 1 heterocycles. The van der Waals surface area contributed by atoms with Crippen molar-refractivity contribution in [2.45, 2.75) is 45.3 Å². The maximum atomic E-state index is 4.28. The smallest absolute Gasteiger partial charge is 0.0951 e. The topological polar surface area (TPSA) is 33.1 Å². The van der Waals surface area contributed by atoms with Crippen LogP contribution >= 0.6 is 0 Å². The van der Waals surface area contributed by atoms with E-state index in [1.165, 1.54) is 18.5 Å². The third-order valence-electron chi connectivity index (χ3n) is 3.60. The van der Waals surface area contributed by atoms with E-state index in [1.54, 1.807) is 0 Å². The van der Waals surface area contributed by atoms with Crippen LogP contribution in [-0.4, -0.2) is 41.1 Å². The summed E-state index contributed by atoms with van der Waals surface area (Å²) in [5.74, 6) is 0.643. The molecule has 0 aliphatic heterocycles. The van der Waals surface area contributed by atoms with Crippen LogP contribution in [0.2, 0.25) is 0 Å². The van der Waals surface area contributed by atoms with Crippen LogP contribution in [0.15, 0.2) is 12.5 Å². The molecule has 0 spiro atoms. The summed E-state index contributed by atoms with van der Waals surface area (Å²) in [4.78, 5) is 6.53. The Hall–Kier alpha value is -0.870. The van der Waals surface area contributed by atoms with Crippen molar-refractivity contribution < 1.29 is 0 Å². The Kier molecular flexibility index (Phi) is 4.40. The maximum absolute atomic E-state index is 4.28. The standard InChI is InChI=1S/C14H26N4/c1-11(2)14(9-17(3)4)16-8-13-7-15-10-18(13)12-5-6-12/h7,10-12,14,16H,5-6,8-9H2,1-4H3. The Morgan fingerprint density at radius 1 is 1.44 bits per heavy atom. The fourth-order valence-electron chi connectivity index (χ4n) is 2.29. The van der Waals surface area contributed by atoms with Crippen LogP contribution in [0.4, 0.5) is 0 Å². The van der Waals surface area contributed by atoms with Gasteiger partial charge in [0.25, 0.3) is 0 Å². The molecule has 4 heteroatoms. The van der Waals surface area contributed by atoms with E-state index < -0.39 is 0 Å². The van der Waals surface area contributed by atoms with Gasteiger partial charge in [-0.3, -0.25) is 0 Å². The molecule has 1 unspecified atom stereocenters. The van der Waals surface area contributed by atoms with Gasteiger partial charge in [-0.2, -0.15) is 0 Å². The second-order valence-electron chi connectivity index (χ2n) is 6.02. The van der Waals surface area contributed by atoms with Gasteiger partial charge < -0.3 is 14.8 Å². The first-order valence-corrected chi connectivity index (χ1v) is 6.96. The predicted octanol–water partition coefficient (Wildman–Crippen LogP) is 1.89. The van der Waals surface area contributed by atoms with Crippen molar-refractivity contribution in [2.24, 2.45) is 5.92 Å². The molecule has 0 aromatic carbocycles. The van der Waals surface area contributed by atoms with Crippen LogP contribution in [0.5, 0.6) is 0 Å². The minimum atomic E-state index is 0.530. The zero-order valence-electron chi connectivity index (χ0n) is 12.1. The van der Waals surface area contributed by atoms with Crippen molar-refractivity contribution in [1.29, 1.82) is 0 Å². The Morgan fingerprint density at radius 2 is 2.17 bits per heavy atom. The molecule has 1 aromatic rings. The first kappa shape index (κ1) is 13.6. The number of hydrogen-bond acceptors (Lipinski definition) is 3. The molecule has 1 aliphatic carbocycles. The molecule has 1 aromatic heterocycles. The summed E-state index contributed by atoms with van der Waals surface area (Å²) in [6.07, 6.45) is 6.60. The van der Waals surface area contributed by atoms with E-state index in [9.17, 15) is 0 Å². The van der Waals surface area contributed by atoms with Gasteiger partial charge in [0.15, 0.2) is 0 Å². The Labute approximate surface area is 110 Å². The third kappa shape index (κ3) is 3.56. The van der Waals surface area contributed by atoms with E-state index in [0.29, 0.717) is 12.0 Å². The highest BCUT2D eigenvalue weighted by molar-refractivity contribution is 5.03. The first-order chi connectivity index (χ1) is 8.58. The summed E-state index contributed by atoms with van der Waals surface area (Å²) in [7, 11) is 4.26. The summed E-state index contributed by atoms with van der Waals surface area (Å²) < 4.78 is 2.33. The fraction of sp³-hybridized carbons (Fsp3) is 0.786. The zero-order chi connectivity index (χ0) is 13.1. The van der Waals surface area contributed by atoms with Crippen molar-refractivity contribution >= 4 is 0 Å². The molecule has 1 fully saturated rings. The van der Waals surface area contributed by atoms with E-state index in [1.807, 2.05) is 12.5 Å². The Balaban J connectivity index is 1.89. The van der Waals surface area contributed by atoms with Crippen molar-refractivity contribution in [3.63, 3.8) is 0 Å². The van der Waals surface area contributed by atoms with Crippen molar-refractivity contribution in [3.8, 4) is 0 Å². The zero-order valence-corrected chi connectivity index (χ0v) is 12.1. The van der Waals surface area contributed by atoms with Gasteiger partial charge in [0.05, 0.1) is 12.0 Å². The molecule has 1 aliphatic rings. The molecule has 102 valence electrons. The fourth-order valence-corrected chi connectivity index (χ4v) is 2.29. The van der Waals surface area contributed by atoms with Crippen molar-refractivity contribution in [1.82, 2.24) is 19.8 Å². The number of rotatable bonds is 7. The molecular formula is C14H26N4. The molecule has 1 N–H and O–H groups in total. The predicted molar refractivity (Wildman–Crippen MR) is 74.5 cm³/mol. The quantitative estimate of drug-likeness (QED) is 0.802. The minimum absolute atomic E-state index is 0.530. The van der Waals surface area contributed by atoms with E-state index in [2.05, 4.69) is 47.7 Å². The minimum Gasteiger partial charge on any atom is -0.330 e. The van der Waals surface area contributed by atoms with Crippen molar-refractivity contribution in [3.05, 3.63) is 18.2 Å². The molecular weight excluding hydrogens is 224 g/mol. The van der Waals surface area contributed by atoms with E-state index in [0.717, 1.165) is 19.1 Å². The van der Waals surface area contributed by atoms with Crippen LogP contribution < -0.4 is 5.32 Å². The highest BCUT2D eigenvalue weighted by Crippen LogP contribution is 2.35. The number of hydrogen-bond donors (Lipinski definition) is 1. The summed E-state index contributed by atoms with van der Waals surface area (Å²) in [5, 5.41) is 3.67. The summed E-state index contributed by atoms with van der Waals surface area (Å²) in [5.41, 5.74) is 1.32. The van der Waals surface area contributed by atoms with E-state index >= 15 is 0 Å². The number of likely N-dealkylation sites (N-methyl/N-ethyl adjacent to an activating group) is 1. The molecule has 4 nitrogen and oxygen atoms in total. The van der Waals surface area contributed by atoms with Gasteiger partial charge in [-0.25, -0.2) is 4.98 Å². The lowest BCUT2D eigenvalue weighted by Gasteiger charge is -2.26. The van der Waals surface area contributed by atoms with E-state index in [-0.39, 0.29) is 0 Å². The second-order valence-corrected chi connectivity index (χ2v) is 6.02. The van der Waals surface area contributed by atoms with Gasteiger partial charge in [0, 0.05) is 31.4 Å². The lowest BCUT2D eigenvalue weighted by Crippen LogP contribution is -2.41. The third-order valence-corrected chi connectivity index (χ3v) is 3.60. The summed E-state index contributed by atoms with van der Waals surface area (Å²) in [6, 6.07) is 1.25. The monoisotopic (exact) mass is 250 g/mol. The van der Waals surface area contributed by atoms with Crippen LogP contribution in [0.25, 0.3) is 0 Å². The molecule has 2 rings (SSSR count). The Bertz CT molecular complexity index is 366. The lowest BCUT2D eigenvalue weighted by molar-refractivity contribution is 0.286. The molecule has 1 saturated carbocycles. The molecule has 0 radical (unpaired) electrons. The SMILES string of the molecule is CC(C)C(CN(C)C)NCc1cncn1C1CC1. The average Bonchev–Trinajstić information content (AvgIpc) is 3.03. The largest absolute Gasteiger partial charge is 0.330 e. The highest BCUT2D eigenvalue weighted by Gasteiger charge is 2.25.